The van der Waals surface area contributed by atoms with Gasteiger partial charge in [-0.3, -0.25) is 0 Å². The summed E-state index contributed by atoms with van der Waals surface area (Å²) in [7, 11) is 1.86. The van der Waals surface area contributed by atoms with Crippen LogP contribution in [0.15, 0.2) is 28.1 Å². The van der Waals surface area contributed by atoms with Crippen molar-refractivity contribution in [3.05, 3.63) is 45.1 Å². The zero-order chi connectivity index (χ0) is 12.3. The van der Waals surface area contributed by atoms with Crippen molar-refractivity contribution < 1.29 is 4.39 Å². The number of aromatic nitrogens is 1. The largest absolute Gasteiger partial charge is 0.365 e. The third-order valence-electron chi connectivity index (χ3n) is 2.43. The van der Waals surface area contributed by atoms with Gasteiger partial charge in [-0.25, -0.2) is 9.37 Å². The Labute approximate surface area is 112 Å². The van der Waals surface area contributed by atoms with Crippen molar-refractivity contribution >= 4 is 32.4 Å². The van der Waals surface area contributed by atoms with Gasteiger partial charge in [0.1, 0.15) is 5.82 Å². The summed E-state index contributed by atoms with van der Waals surface area (Å²) in [5.41, 5.74) is 2.17. The Morgan fingerprint density at radius 1 is 1.29 bits per heavy atom. The molecule has 0 atom stereocenters. The zero-order valence-electron chi connectivity index (χ0n) is 9.34. The number of anilines is 1. The van der Waals surface area contributed by atoms with E-state index >= 15 is 0 Å². The molecule has 0 aliphatic carbocycles. The minimum absolute atomic E-state index is 0.193. The van der Waals surface area contributed by atoms with E-state index in [9.17, 15) is 4.39 Å². The third-order valence-corrected chi connectivity index (χ3v) is 4.27. The van der Waals surface area contributed by atoms with Crippen molar-refractivity contribution in [2.24, 2.45) is 0 Å². The lowest BCUT2D eigenvalue weighted by Gasteiger charge is -1.99. The third kappa shape index (κ3) is 3.26. The van der Waals surface area contributed by atoms with Gasteiger partial charge in [0, 0.05) is 7.05 Å². The van der Waals surface area contributed by atoms with Crippen LogP contribution in [0.3, 0.4) is 0 Å². The first-order valence-electron chi connectivity index (χ1n) is 5.26. The van der Waals surface area contributed by atoms with E-state index in [0.29, 0.717) is 0 Å². The van der Waals surface area contributed by atoms with E-state index in [1.807, 2.05) is 19.2 Å². The van der Waals surface area contributed by atoms with E-state index in [0.717, 1.165) is 33.0 Å². The lowest BCUT2D eigenvalue weighted by molar-refractivity contribution is 0.627. The van der Waals surface area contributed by atoms with Crippen LogP contribution in [-0.4, -0.2) is 12.0 Å². The second-order valence-electron chi connectivity index (χ2n) is 3.62. The van der Waals surface area contributed by atoms with Crippen LogP contribution in [0, 0.1) is 5.82 Å². The Bertz CT molecular complexity index is 496. The molecule has 1 N–H and O–H groups in total. The first kappa shape index (κ1) is 12.5. The van der Waals surface area contributed by atoms with Crippen molar-refractivity contribution in [3.63, 3.8) is 0 Å². The van der Waals surface area contributed by atoms with Crippen LogP contribution in [0.2, 0.25) is 0 Å². The number of benzene rings is 1. The maximum Gasteiger partial charge on any atom is 0.183 e. The van der Waals surface area contributed by atoms with Crippen molar-refractivity contribution in [2.45, 2.75) is 12.8 Å². The molecular formula is C12H12BrFN2S. The van der Waals surface area contributed by atoms with Gasteiger partial charge in [-0.15, -0.1) is 0 Å². The average molecular weight is 315 g/mol. The molecular weight excluding hydrogens is 303 g/mol. The molecule has 1 aromatic heterocycles. The second-order valence-corrected chi connectivity index (χ2v) is 5.93. The maximum atomic E-state index is 12.7. The monoisotopic (exact) mass is 314 g/mol. The topological polar surface area (TPSA) is 24.9 Å². The SMILES string of the molecule is CNc1nc(CCc2ccc(F)cc2)c(Br)s1. The van der Waals surface area contributed by atoms with Crippen molar-refractivity contribution in [2.75, 3.05) is 12.4 Å². The maximum absolute atomic E-state index is 12.7. The van der Waals surface area contributed by atoms with Gasteiger partial charge in [0.05, 0.1) is 9.48 Å². The minimum atomic E-state index is -0.193. The van der Waals surface area contributed by atoms with Crippen molar-refractivity contribution in [1.82, 2.24) is 4.98 Å². The fraction of sp³-hybridized carbons (Fsp3) is 0.250. The predicted molar refractivity (Wildman–Crippen MR) is 73.2 cm³/mol. The molecule has 0 saturated heterocycles. The second kappa shape index (κ2) is 5.60. The molecule has 0 aliphatic rings. The Kier molecular flexibility index (Phi) is 4.12. The number of hydrogen-bond donors (Lipinski definition) is 1. The zero-order valence-corrected chi connectivity index (χ0v) is 11.7. The lowest BCUT2D eigenvalue weighted by Crippen LogP contribution is -1.93. The van der Waals surface area contributed by atoms with Crippen LogP contribution < -0.4 is 5.32 Å². The summed E-state index contributed by atoms with van der Waals surface area (Å²) in [6, 6.07) is 6.61. The molecule has 0 amide bonds. The molecule has 0 saturated carbocycles. The van der Waals surface area contributed by atoms with Gasteiger partial charge < -0.3 is 5.32 Å². The predicted octanol–water partition coefficient (Wildman–Crippen LogP) is 3.87. The molecule has 0 aliphatic heterocycles. The van der Waals surface area contributed by atoms with Crippen molar-refractivity contribution in [1.29, 1.82) is 0 Å². The van der Waals surface area contributed by atoms with E-state index < -0.39 is 0 Å². The van der Waals surface area contributed by atoms with E-state index in [1.54, 1.807) is 11.3 Å². The van der Waals surface area contributed by atoms with E-state index in [4.69, 9.17) is 0 Å². The summed E-state index contributed by atoms with van der Waals surface area (Å²) < 4.78 is 13.8. The standard InChI is InChI=1S/C12H12BrFN2S/c1-15-12-16-10(11(13)17-12)7-4-8-2-5-9(14)6-3-8/h2-3,5-6H,4,7H2,1H3,(H,15,16). The highest BCUT2D eigenvalue weighted by Gasteiger charge is 2.07. The smallest absolute Gasteiger partial charge is 0.183 e. The summed E-state index contributed by atoms with van der Waals surface area (Å²) in [4.78, 5) is 4.45. The normalized spacial score (nSPS) is 10.5. The molecule has 0 fully saturated rings. The molecule has 17 heavy (non-hydrogen) atoms. The highest BCUT2D eigenvalue weighted by Crippen LogP contribution is 2.28. The number of halogens is 2. The molecule has 90 valence electrons. The van der Waals surface area contributed by atoms with E-state index in [2.05, 4.69) is 26.2 Å². The van der Waals surface area contributed by atoms with Gasteiger partial charge in [0.25, 0.3) is 0 Å². The summed E-state index contributed by atoms with van der Waals surface area (Å²) in [6.07, 6.45) is 1.72. The molecule has 0 radical (unpaired) electrons. The van der Waals surface area contributed by atoms with Gasteiger partial charge >= 0.3 is 0 Å². The first-order chi connectivity index (χ1) is 8.19. The van der Waals surface area contributed by atoms with Crippen LogP contribution in [0.25, 0.3) is 0 Å². The fourth-order valence-corrected chi connectivity index (χ4v) is 2.95. The highest BCUT2D eigenvalue weighted by molar-refractivity contribution is 9.11. The van der Waals surface area contributed by atoms with Crippen molar-refractivity contribution in [3.8, 4) is 0 Å². The molecule has 1 heterocycles. The van der Waals surface area contributed by atoms with Gasteiger partial charge in [-0.2, -0.15) is 0 Å². The average Bonchev–Trinajstić information content (AvgIpc) is 2.69. The number of thiazole rings is 1. The molecule has 5 heteroatoms. The Morgan fingerprint density at radius 2 is 2.00 bits per heavy atom. The molecule has 2 nitrogen and oxygen atoms in total. The van der Waals surface area contributed by atoms with Gasteiger partial charge in [0.15, 0.2) is 5.13 Å². The molecule has 0 unspecified atom stereocenters. The highest BCUT2D eigenvalue weighted by atomic mass is 79.9. The van der Waals surface area contributed by atoms with E-state index in [1.165, 1.54) is 12.1 Å². The summed E-state index contributed by atoms with van der Waals surface area (Å²) in [5.74, 6) is -0.193. The number of nitrogens with one attached hydrogen (secondary N) is 1. The molecule has 2 rings (SSSR count). The Balaban J connectivity index is 2.01. The van der Waals surface area contributed by atoms with Crippen LogP contribution in [0.5, 0.6) is 0 Å². The minimum Gasteiger partial charge on any atom is -0.365 e. The number of aryl methyl sites for hydroxylation is 2. The fourth-order valence-electron chi connectivity index (χ4n) is 1.51. The van der Waals surface area contributed by atoms with Gasteiger partial charge in [0.2, 0.25) is 0 Å². The lowest BCUT2D eigenvalue weighted by atomic mass is 10.1. The van der Waals surface area contributed by atoms with Crippen LogP contribution in [0.4, 0.5) is 9.52 Å². The first-order valence-corrected chi connectivity index (χ1v) is 6.87. The number of nitrogens with zero attached hydrogens (tertiary/aromatic N) is 1. The quantitative estimate of drug-likeness (QED) is 0.926. The number of hydrogen-bond acceptors (Lipinski definition) is 3. The molecule has 2 aromatic rings. The summed E-state index contributed by atoms with van der Waals surface area (Å²) >= 11 is 5.09. The van der Waals surface area contributed by atoms with Gasteiger partial charge in [-0.1, -0.05) is 23.5 Å². The van der Waals surface area contributed by atoms with Crippen LogP contribution in [0.1, 0.15) is 11.3 Å². The molecule has 0 spiro atoms. The summed E-state index contributed by atoms with van der Waals surface area (Å²) in [6.45, 7) is 0. The van der Waals surface area contributed by atoms with E-state index in [-0.39, 0.29) is 5.82 Å². The Hall–Kier alpha value is -0.940. The summed E-state index contributed by atoms with van der Waals surface area (Å²) in [5, 5.41) is 3.93. The molecule has 0 bridgehead atoms. The molecule has 1 aromatic carbocycles. The van der Waals surface area contributed by atoms with Gasteiger partial charge in [-0.05, 0) is 46.5 Å². The van der Waals surface area contributed by atoms with Crippen LogP contribution in [-0.2, 0) is 12.8 Å². The Morgan fingerprint density at radius 3 is 2.59 bits per heavy atom. The number of rotatable bonds is 4. The van der Waals surface area contributed by atoms with Crippen LogP contribution >= 0.6 is 27.3 Å².